The number of rotatable bonds is 3. The summed E-state index contributed by atoms with van der Waals surface area (Å²) >= 11 is 0. The van der Waals surface area contributed by atoms with Crippen molar-refractivity contribution < 1.29 is 13.5 Å². The molecule has 0 bridgehead atoms. The molecule has 7 heteroatoms. The molecule has 0 saturated carbocycles. The molecule has 2 aromatic carbocycles. The first-order chi connectivity index (χ1) is 12.6. The zero-order valence-electron chi connectivity index (χ0n) is 13.3. The summed E-state index contributed by atoms with van der Waals surface area (Å²) in [5, 5.41) is 0.0628. The van der Waals surface area contributed by atoms with Crippen LogP contribution in [-0.2, 0) is 0 Å². The average molecular weight is 351 g/mol. The first-order valence-corrected chi connectivity index (χ1v) is 7.68. The molecule has 0 amide bonds. The summed E-state index contributed by atoms with van der Waals surface area (Å²) in [6, 6.07) is 12.3. The van der Waals surface area contributed by atoms with Gasteiger partial charge in [-0.2, -0.15) is 4.98 Å². The molecule has 0 atom stereocenters. The Bertz CT molecular complexity index is 1160. The van der Waals surface area contributed by atoms with E-state index in [1.54, 1.807) is 18.3 Å². The van der Waals surface area contributed by atoms with Gasteiger partial charge in [0.25, 0.3) is 5.56 Å². The van der Waals surface area contributed by atoms with Gasteiger partial charge in [-0.15, -0.1) is 0 Å². The third kappa shape index (κ3) is 2.90. The van der Waals surface area contributed by atoms with Gasteiger partial charge < -0.3 is 4.74 Å². The zero-order chi connectivity index (χ0) is 18.1. The molecule has 4 rings (SSSR count). The standard InChI is InChI=1S/C19H11F2N3O2/c20-12-3-1-4-14(9-12)24-18(25)16-10-13(21)6-7-17(16)23-19(24)26-15-5-2-8-22-11-15/h1-11H. The second-order valence-electron chi connectivity index (χ2n) is 5.47. The van der Waals surface area contributed by atoms with Gasteiger partial charge in [-0.25, -0.2) is 13.3 Å². The SMILES string of the molecule is O=c1c2cc(F)ccc2nc(Oc2cccnc2)n1-c1cccc(F)c1. The molecule has 0 radical (unpaired) electrons. The third-order valence-corrected chi connectivity index (χ3v) is 3.71. The van der Waals surface area contributed by atoms with E-state index < -0.39 is 17.2 Å². The molecule has 0 saturated heterocycles. The lowest BCUT2D eigenvalue weighted by Gasteiger charge is -2.13. The van der Waals surface area contributed by atoms with Crippen LogP contribution < -0.4 is 10.3 Å². The Morgan fingerprint density at radius 1 is 0.962 bits per heavy atom. The molecular formula is C19H11F2N3O2. The van der Waals surface area contributed by atoms with Crippen LogP contribution in [0.1, 0.15) is 0 Å². The maximum atomic E-state index is 13.7. The fourth-order valence-electron chi connectivity index (χ4n) is 2.56. The first-order valence-electron chi connectivity index (χ1n) is 7.68. The minimum absolute atomic E-state index is 0.0628. The van der Waals surface area contributed by atoms with Crippen molar-refractivity contribution >= 4 is 10.9 Å². The van der Waals surface area contributed by atoms with Gasteiger partial charge in [0.1, 0.15) is 17.4 Å². The summed E-state index contributed by atoms with van der Waals surface area (Å²) < 4.78 is 34.1. The van der Waals surface area contributed by atoms with Gasteiger partial charge in [0.05, 0.1) is 22.8 Å². The Kier molecular flexibility index (Phi) is 3.89. The van der Waals surface area contributed by atoms with E-state index in [1.165, 1.54) is 42.6 Å². The minimum Gasteiger partial charge on any atom is -0.424 e. The van der Waals surface area contributed by atoms with Crippen LogP contribution in [0, 0.1) is 11.6 Å². The monoisotopic (exact) mass is 351 g/mol. The molecule has 26 heavy (non-hydrogen) atoms. The molecular weight excluding hydrogens is 340 g/mol. The molecule has 0 fully saturated rings. The van der Waals surface area contributed by atoms with Crippen molar-refractivity contribution in [2.45, 2.75) is 0 Å². The minimum atomic E-state index is -0.570. The van der Waals surface area contributed by atoms with E-state index in [4.69, 9.17) is 4.74 Å². The molecule has 0 unspecified atom stereocenters. The number of nitrogens with zero attached hydrogens (tertiary/aromatic N) is 3. The Morgan fingerprint density at radius 2 is 1.81 bits per heavy atom. The van der Waals surface area contributed by atoms with Crippen molar-refractivity contribution in [3.8, 4) is 17.4 Å². The zero-order valence-corrected chi connectivity index (χ0v) is 13.3. The predicted molar refractivity (Wildman–Crippen MR) is 91.6 cm³/mol. The smallest absolute Gasteiger partial charge is 0.310 e. The van der Waals surface area contributed by atoms with E-state index in [-0.39, 0.29) is 22.6 Å². The van der Waals surface area contributed by atoms with Gasteiger partial charge in [-0.05, 0) is 48.5 Å². The normalized spacial score (nSPS) is 10.8. The van der Waals surface area contributed by atoms with Gasteiger partial charge in [-0.3, -0.25) is 9.78 Å². The highest BCUT2D eigenvalue weighted by atomic mass is 19.1. The van der Waals surface area contributed by atoms with Gasteiger partial charge in [0.2, 0.25) is 0 Å². The highest BCUT2D eigenvalue weighted by Gasteiger charge is 2.16. The van der Waals surface area contributed by atoms with Crippen LogP contribution in [0.25, 0.3) is 16.6 Å². The third-order valence-electron chi connectivity index (χ3n) is 3.71. The molecule has 0 aliphatic rings. The van der Waals surface area contributed by atoms with Crippen molar-refractivity contribution in [2.24, 2.45) is 0 Å². The van der Waals surface area contributed by atoms with E-state index in [2.05, 4.69) is 9.97 Å². The maximum absolute atomic E-state index is 13.7. The van der Waals surface area contributed by atoms with Crippen LogP contribution in [0.2, 0.25) is 0 Å². The molecule has 4 aromatic rings. The number of ether oxygens (including phenoxy) is 1. The average Bonchev–Trinajstić information content (AvgIpc) is 2.63. The Morgan fingerprint density at radius 3 is 2.58 bits per heavy atom. The lowest BCUT2D eigenvalue weighted by molar-refractivity contribution is 0.425. The summed E-state index contributed by atoms with van der Waals surface area (Å²) in [5.74, 6) is -0.741. The highest BCUT2D eigenvalue weighted by Crippen LogP contribution is 2.23. The summed E-state index contributed by atoms with van der Waals surface area (Å²) in [6.45, 7) is 0. The van der Waals surface area contributed by atoms with Gasteiger partial charge in [-0.1, -0.05) is 6.07 Å². The number of pyridine rings is 1. The number of hydrogen-bond acceptors (Lipinski definition) is 4. The van der Waals surface area contributed by atoms with Crippen molar-refractivity contribution in [2.75, 3.05) is 0 Å². The van der Waals surface area contributed by atoms with Crippen molar-refractivity contribution in [1.82, 2.24) is 14.5 Å². The van der Waals surface area contributed by atoms with Crippen molar-refractivity contribution in [3.63, 3.8) is 0 Å². The van der Waals surface area contributed by atoms with E-state index in [0.29, 0.717) is 5.75 Å². The predicted octanol–water partition coefficient (Wildman–Crippen LogP) is 3.85. The van der Waals surface area contributed by atoms with Crippen LogP contribution in [-0.4, -0.2) is 14.5 Å². The molecule has 5 nitrogen and oxygen atoms in total. The van der Waals surface area contributed by atoms with Crippen molar-refractivity contribution in [1.29, 1.82) is 0 Å². The maximum Gasteiger partial charge on any atom is 0.310 e. The fraction of sp³-hybridized carbons (Fsp3) is 0. The van der Waals surface area contributed by atoms with E-state index >= 15 is 0 Å². The van der Waals surface area contributed by atoms with Crippen LogP contribution in [0.15, 0.2) is 71.8 Å². The quantitative estimate of drug-likeness (QED) is 0.563. The molecule has 0 aliphatic carbocycles. The molecule has 0 aliphatic heterocycles. The number of halogens is 2. The number of fused-ring (bicyclic) bond motifs is 1. The summed E-state index contributed by atoms with van der Waals surface area (Å²) in [5.41, 5.74) is -0.0884. The second kappa shape index (κ2) is 6.36. The summed E-state index contributed by atoms with van der Waals surface area (Å²) in [6.07, 6.45) is 3.03. The van der Waals surface area contributed by atoms with Crippen molar-refractivity contribution in [3.05, 3.63) is 89.0 Å². The Hall–Kier alpha value is -3.61. The van der Waals surface area contributed by atoms with Gasteiger partial charge >= 0.3 is 6.01 Å². The number of aromatic nitrogens is 3. The molecule has 2 aromatic heterocycles. The molecule has 0 N–H and O–H groups in total. The van der Waals surface area contributed by atoms with Gasteiger partial charge in [0.15, 0.2) is 0 Å². The first kappa shape index (κ1) is 15.9. The van der Waals surface area contributed by atoms with E-state index in [1.807, 2.05) is 0 Å². The molecule has 2 heterocycles. The number of benzene rings is 2. The highest BCUT2D eigenvalue weighted by molar-refractivity contribution is 5.78. The number of hydrogen-bond donors (Lipinski definition) is 0. The van der Waals surface area contributed by atoms with Crippen LogP contribution >= 0.6 is 0 Å². The van der Waals surface area contributed by atoms with Gasteiger partial charge in [0, 0.05) is 6.20 Å². The lowest BCUT2D eigenvalue weighted by Crippen LogP contribution is -2.21. The van der Waals surface area contributed by atoms with E-state index in [9.17, 15) is 13.6 Å². The topological polar surface area (TPSA) is 57.0 Å². The summed E-state index contributed by atoms with van der Waals surface area (Å²) in [4.78, 5) is 21.2. The Balaban J connectivity index is 2.00. The molecule has 128 valence electrons. The largest absolute Gasteiger partial charge is 0.424 e. The van der Waals surface area contributed by atoms with Crippen LogP contribution in [0.3, 0.4) is 0 Å². The Labute approximate surface area is 146 Å². The summed E-state index contributed by atoms with van der Waals surface area (Å²) in [7, 11) is 0. The second-order valence-corrected chi connectivity index (χ2v) is 5.47. The molecule has 0 spiro atoms. The van der Waals surface area contributed by atoms with Crippen LogP contribution in [0.5, 0.6) is 11.8 Å². The fourth-order valence-corrected chi connectivity index (χ4v) is 2.56. The van der Waals surface area contributed by atoms with E-state index in [0.717, 1.165) is 10.6 Å². The lowest BCUT2D eigenvalue weighted by atomic mass is 10.2. The van der Waals surface area contributed by atoms with Crippen LogP contribution in [0.4, 0.5) is 8.78 Å².